The molecule has 0 fully saturated rings. The maximum absolute atomic E-state index is 14.8. The molecule has 2 atom stereocenters. The SMILES string of the molecule is C#Cc1ccc(C(C(=O)Nc2c(C)cccc2Cl)N(CCCCCCCC)C(=O)C(Cc2ccccc2)NC(=O)OC(C)(C)C)cc1. The first kappa shape index (κ1) is 37.2. The molecular formula is C39H48ClN3O4. The lowest BCUT2D eigenvalue weighted by molar-refractivity contribution is -0.140. The molecule has 0 heterocycles. The second-order valence-corrected chi connectivity index (χ2v) is 13.2. The number of alkyl carbamates (subject to hydrolysis) is 1. The van der Waals surface area contributed by atoms with Gasteiger partial charge in [-0.3, -0.25) is 9.59 Å². The van der Waals surface area contributed by atoms with E-state index in [4.69, 9.17) is 22.8 Å². The van der Waals surface area contributed by atoms with E-state index in [0.717, 1.165) is 43.2 Å². The van der Waals surface area contributed by atoms with Crippen LogP contribution < -0.4 is 10.6 Å². The van der Waals surface area contributed by atoms with Crippen LogP contribution in [0.25, 0.3) is 0 Å². The molecule has 7 nitrogen and oxygen atoms in total. The van der Waals surface area contributed by atoms with E-state index in [-0.39, 0.29) is 6.42 Å². The predicted molar refractivity (Wildman–Crippen MR) is 190 cm³/mol. The highest BCUT2D eigenvalue weighted by atomic mass is 35.5. The van der Waals surface area contributed by atoms with Crippen molar-refractivity contribution in [1.29, 1.82) is 0 Å². The number of ether oxygens (including phenoxy) is 1. The lowest BCUT2D eigenvalue weighted by Crippen LogP contribution is -2.53. The van der Waals surface area contributed by atoms with Crippen molar-refractivity contribution in [3.05, 3.63) is 100 Å². The summed E-state index contributed by atoms with van der Waals surface area (Å²) in [5.74, 6) is 1.79. The van der Waals surface area contributed by atoms with Crippen molar-refractivity contribution in [2.45, 2.75) is 97.2 Å². The number of unbranched alkanes of at least 4 members (excludes halogenated alkanes) is 5. The Morgan fingerprint density at radius 2 is 1.57 bits per heavy atom. The van der Waals surface area contributed by atoms with Gasteiger partial charge in [0.25, 0.3) is 5.91 Å². The van der Waals surface area contributed by atoms with Crippen LogP contribution in [0.1, 0.15) is 94.5 Å². The van der Waals surface area contributed by atoms with Gasteiger partial charge in [-0.2, -0.15) is 0 Å². The van der Waals surface area contributed by atoms with Crippen LogP contribution >= 0.6 is 11.6 Å². The lowest BCUT2D eigenvalue weighted by atomic mass is 9.98. The van der Waals surface area contributed by atoms with Gasteiger partial charge in [-0.15, -0.1) is 6.42 Å². The molecule has 0 aromatic heterocycles. The normalized spacial score (nSPS) is 12.4. The minimum absolute atomic E-state index is 0.208. The van der Waals surface area contributed by atoms with Crippen molar-refractivity contribution in [3.8, 4) is 12.3 Å². The average Bonchev–Trinajstić information content (AvgIpc) is 3.03. The predicted octanol–water partition coefficient (Wildman–Crippen LogP) is 8.63. The molecule has 250 valence electrons. The van der Waals surface area contributed by atoms with E-state index in [9.17, 15) is 14.4 Å². The first-order chi connectivity index (χ1) is 22.4. The Morgan fingerprint density at radius 3 is 2.19 bits per heavy atom. The largest absolute Gasteiger partial charge is 0.444 e. The molecule has 47 heavy (non-hydrogen) atoms. The van der Waals surface area contributed by atoms with Gasteiger partial charge in [0.05, 0.1) is 10.7 Å². The number of aryl methyl sites for hydroxylation is 1. The van der Waals surface area contributed by atoms with E-state index >= 15 is 0 Å². The van der Waals surface area contributed by atoms with E-state index in [1.807, 2.05) is 49.4 Å². The summed E-state index contributed by atoms with van der Waals surface area (Å²) in [6.45, 7) is 9.62. The summed E-state index contributed by atoms with van der Waals surface area (Å²) >= 11 is 6.52. The molecule has 0 aliphatic rings. The maximum Gasteiger partial charge on any atom is 0.408 e. The van der Waals surface area contributed by atoms with E-state index in [1.54, 1.807) is 56.0 Å². The Bertz CT molecular complexity index is 1490. The first-order valence-corrected chi connectivity index (χ1v) is 16.8. The Labute approximate surface area is 285 Å². The summed E-state index contributed by atoms with van der Waals surface area (Å²) in [7, 11) is 0. The zero-order valence-corrected chi connectivity index (χ0v) is 29.0. The van der Waals surface area contributed by atoms with Crippen LogP contribution in [0, 0.1) is 19.3 Å². The van der Waals surface area contributed by atoms with Crippen molar-refractivity contribution >= 4 is 35.2 Å². The summed E-state index contributed by atoms with van der Waals surface area (Å²) in [5, 5.41) is 6.21. The van der Waals surface area contributed by atoms with Gasteiger partial charge in [0, 0.05) is 18.5 Å². The van der Waals surface area contributed by atoms with E-state index < -0.39 is 35.6 Å². The van der Waals surface area contributed by atoms with Gasteiger partial charge in [-0.1, -0.05) is 111 Å². The number of halogens is 1. The number of rotatable bonds is 15. The van der Waals surface area contributed by atoms with E-state index in [1.165, 1.54) is 0 Å². The summed E-state index contributed by atoms with van der Waals surface area (Å²) < 4.78 is 5.56. The van der Waals surface area contributed by atoms with Crippen LogP contribution in [0.5, 0.6) is 0 Å². The fourth-order valence-electron chi connectivity index (χ4n) is 5.35. The van der Waals surface area contributed by atoms with Crippen molar-refractivity contribution in [1.82, 2.24) is 10.2 Å². The van der Waals surface area contributed by atoms with Gasteiger partial charge in [0.15, 0.2) is 0 Å². The number of hydrogen-bond donors (Lipinski definition) is 2. The number of amides is 3. The molecule has 2 N–H and O–H groups in total. The topological polar surface area (TPSA) is 87.7 Å². The van der Waals surface area contributed by atoms with Gasteiger partial charge in [-0.25, -0.2) is 4.79 Å². The first-order valence-electron chi connectivity index (χ1n) is 16.4. The van der Waals surface area contributed by atoms with Crippen LogP contribution in [-0.2, 0) is 20.7 Å². The zero-order valence-electron chi connectivity index (χ0n) is 28.3. The molecule has 0 aliphatic heterocycles. The van der Waals surface area contributed by atoms with Crippen LogP contribution in [0.4, 0.5) is 10.5 Å². The van der Waals surface area contributed by atoms with Crippen molar-refractivity contribution in [2.24, 2.45) is 0 Å². The van der Waals surface area contributed by atoms with Gasteiger partial charge >= 0.3 is 6.09 Å². The quantitative estimate of drug-likeness (QED) is 0.127. The van der Waals surface area contributed by atoms with Crippen LogP contribution in [0.3, 0.4) is 0 Å². The molecular weight excluding hydrogens is 610 g/mol. The summed E-state index contributed by atoms with van der Waals surface area (Å²) in [6, 6.07) is 19.8. The summed E-state index contributed by atoms with van der Waals surface area (Å²) in [5.41, 5.74) is 2.58. The average molecular weight is 658 g/mol. The molecule has 0 spiro atoms. The molecule has 0 radical (unpaired) electrons. The highest BCUT2D eigenvalue weighted by Crippen LogP contribution is 2.30. The Morgan fingerprint density at radius 1 is 0.915 bits per heavy atom. The summed E-state index contributed by atoms with van der Waals surface area (Å²) in [4.78, 5) is 43.8. The molecule has 8 heteroatoms. The van der Waals surface area contributed by atoms with Gasteiger partial charge in [-0.05, 0) is 69.0 Å². The Hall–Kier alpha value is -4.28. The van der Waals surface area contributed by atoms with Crippen LogP contribution in [0.2, 0.25) is 5.02 Å². The molecule has 0 aliphatic carbocycles. The zero-order chi connectivity index (χ0) is 34.4. The number of hydrogen-bond acceptors (Lipinski definition) is 4. The molecule has 3 aromatic carbocycles. The van der Waals surface area contributed by atoms with E-state index in [0.29, 0.717) is 34.8 Å². The highest BCUT2D eigenvalue weighted by molar-refractivity contribution is 6.34. The lowest BCUT2D eigenvalue weighted by Gasteiger charge is -2.35. The van der Waals surface area contributed by atoms with Gasteiger partial charge in [0.1, 0.15) is 17.7 Å². The van der Waals surface area contributed by atoms with Gasteiger partial charge in [0.2, 0.25) is 5.91 Å². The van der Waals surface area contributed by atoms with Gasteiger partial charge < -0.3 is 20.3 Å². The number of nitrogens with one attached hydrogen (secondary N) is 2. The minimum atomic E-state index is -1.04. The number of para-hydroxylation sites is 1. The number of nitrogens with zero attached hydrogens (tertiary/aromatic N) is 1. The fourth-order valence-corrected chi connectivity index (χ4v) is 5.61. The van der Waals surface area contributed by atoms with Crippen LogP contribution in [0.15, 0.2) is 72.8 Å². The molecule has 0 bridgehead atoms. The summed E-state index contributed by atoms with van der Waals surface area (Å²) in [6.07, 6.45) is 11.1. The Balaban J connectivity index is 2.09. The van der Waals surface area contributed by atoms with E-state index in [2.05, 4.69) is 23.5 Å². The smallest absolute Gasteiger partial charge is 0.408 e. The Kier molecular flexibility index (Phi) is 14.4. The number of carbonyl (C=O) groups is 3. The highest BCUT2D eigenvalue weighted by Gasteiger charge is 2.36. The van der Waals surface area contributed by atoms with Crippen molar-refractivity contribution in [3.63, 3.8) is 0 Å². The third-order valence-corrected chi connectivity index (χ3v) is 8.05. The molecule has 3 aromatic rings. The number of benzene rings is 3. The van der Waals surface area contributed by atoms with Crippen LogP contribution in [-0.4, -0.2) is 41.0 Å². The second-order valence-electron chi connectivity index (χ2n) is 12.8. The fraction of sp³-hybridized carbons (Fsp3) is 0.410. The maximum atomic E-state index is 14.8. The molecule has 2 unspecified atom stereocenters. The number of anilines is 1. The van der Waals surface area contributed by atoms with Crippen molar-refractivity contribution < 1.29 is 19.1 Å². The third-order valence-electron chi connectivity index (χ3n) is 7.73. The molecule has 3 rings (SSSR count). The third kappa shape index (κ3) is 11.8. The minimum Gasteiger partial charge on any atom is -0.444 e. The standard InChI is InChI=1S/C39H48ClN3O4/c1-7-9-10-11-12-16-26-43(37(45)33(27-30-19-14-13-15-20-30)41-38(46)47-39(4,5)6)35(31-24-22-29(8-2)23-25-31)36(44)42-34-28(3)18-17-21-32(34)40/h2,13-15,17-25,33,35H,7,9-12,16,26-27H2,1,3-6H3,(H,41,46)(H,42,44). The molecule has 0 saturated heterocycles. The molecule has 0 saturated carbocycles. The molecule has 3 amide bonds. The van der Waals surface area contributed by atoms with Crippen molar-refractivity contribution in [2.75, 3.05) is 11.9 Å². The number of carbonyl (C=O) groups excluding carboxylic acids is 3. The number of terminal acetylenes is 1. The second kappa shape index (κ2) is 18.2. The monoisotopic (exact) mass is 657 g/mol.